The summed E-state index contributed by atoms with van der Waals surface area (Å²) >= 11 is 0. The predicted molar refractivity (Wildman–Crippen MR) is 261 cm³/mol. The Morgan fingerprint density at radius 2 is 0.632 bits per heavy atom. The molecule has 68 heavy (non-hydrogen) atoms. The highest BCUT2D eigenvalue weighted by molar-refractivity contribution is 5.54. The normalized spacial score (nSPS) is 17.7. The van der Waals surface area contributed by atoms with E-state index in [1.54, 1.807) is 36.4 Å². The van der Waals surface area contributed by atoms with Crippen LogP contribution in [0.3, 0.4) is 0 Å². The maximum Gasteiger partial charge on any atom is 0.269 e. The van der Waals surface area contributed by atoms with E-state index in [1.165, 1.54) is 36.4 Å². The summed E-state index contributed by atoms with van der Waals surface area (Å²) in [5.74, 6) is 2.20. The van der Waals surface area contributed by atoms with Crippen molar-refractivity contribution in [2.24, 2.45) is 0 Å². The van der Waals surface area contributed by atoms with Crippen molar-refractivity contribution in [3.8, 4) is 17.2 Å². The quantitative estimate of drug-likeness (QED) is 0.115. The Labute approximate surface area is 394 Å². The fraction of sp³-hybridized carbons (Fsp3) is 0.294. The number of hydrogen-bond acceptors (Lipinski definition) is 14. The first kappa shape index (κ1) is 46.8. The molecule has 0 amide bonds. The maximum atomic E-state index is 11.7. The molecule has 6 aromatic carbocycles. The fourth-order valence-electron chi connectivity index (χ4n) is 8.45. The first-order valence-corrected chi connectivity index (χ1v) is 22.7. The van der Waals surface area contributed by atoms with Gasteiger partial charge < -0.3 is 28.9 Å². The number of fused-ring (bicyclic) bond motifs is 15. The Kier molecular flexibility index (Phi) is 15.6. The lowest BCUT2D eigenvalue weighted by Gasteiger charge is -2.34. The van der Waals surface area contributed by atoms with Gasteiger partial charge in [-0.15, -0.1) is 0 Å². The van der Waals surface area contributed by atoms with E-state index < -0.39 is 14.8 Å². The van der Waals surface area contributed by atoms with Gasteiger partial charge in [-0.1, -0.05) is 36.4 Å². The van der Waals surface area contributed by atoms with E-state index in [0.717, 1.165) is 51.0 Å². The molecule has 0 aromatic heterocycles. The van der Waals surface area contributed by atoms with Gasteiger partial charge in [0.25, 0.3) is 17.1 Å². The monoisotopic (exact) mass is 922 g/mol. The molecule has 6 aromatic rings. The first-order chi connectivity index (χ1) is 33.1. The third-order valence-electron chi connectivity index (χ3n) is 12.2. The SMILES string of the molecule is O=[N+]([O-])c1ccc(N2CCN3CCN(c4ccc([N+](=O)[O-])cc4)Cc4cccc(c4)OCCN(CCOc4cccc(c4)C2)CCOc2cccc(c2)CN(c2ccc([N+](=O)[O-])cc2)CC3)cc1. The van der Waals surface area contributed by atoms with Crippen molar-refractivity contribution in [2.75, 3.05) is 93.4 Å². The van der Waals surface area contributed by atoms with Crippen molar-refractivity contribution in [1.29, 1.82) is 0 Å². The van der Waals surface area contributed by atoms with Gasteiger partial charge >= 0.3 is 0 Å². The van der Waals surface area contributed by atoms with Crippen LogP contribution in [-0.2, 0) is 19.6 Å². The number of rotatable bonds is 6. The lowest BCUT2D eigenvalue weighted by Crippen LogP contribution is -2.43. The molecule has 0 aliphatic carbocycles. The molecule has 352 valence electrons. The van der Waals surface area contributed by atoms with Crippen molar-refractivity contribution in [1.82, 2.24) is 9.80 Å². The standard InChI is InChI=1S/C51H54N8O9/c60-57(61)46-16-10-43(11-17-46)54-25-22-52-23-26-55(44-12-18-47(19-13-44)58(62)63)38-41-5-2-8-50(35-41)67-32-29-53(28-31-66-49-7-1-4-40(34-49)37-54)30-33-68-51-9-3-6-42(36-51)39-56(27-24-52)45-14-20-48(21-15-45)59(64)65/h1-21,34-36H,22-33,37-39H2. The van der Waals surface area contributed by atoms with Crippen molar-refractivity contribution in [2.45, 2.75) is 19.6 Å². The van der Waals surface area contributed by atoms with Crippen LogP contribution in [0.25, 0.3) is 0 Å². The van der Waals surface area contributed by atoms with Gasteiger partial charge in [0.05, 0.1) is 14.8 Å². The summed E-state index contributed by atoms with van der Waals surface area (Å²) in [4.78, 5) is 45.2. The molecular formula is C51H54N8O9. The number of ether oxygens (including phenoxy) is 3. The second-order valence-electron chi connectivity index (χ2n) is 16.8. The van der Waals surface area contributed by atoms with E-state index in [2.05, 4.69) is 42.7 Å². The highest BCUT2D eigenvalue weighted by Gasteiger charge is 2.20. The lowest BCUT2D eigenvalue weighted by molar-refractivity contribution is -0.385. The average molecular weight is 923 g/mol. The van der Waals surface area contributed by atoms with Gasteiger partial charge in [0.15, 0.2) is 0 Å². The third kappa shape index (κ3) is 13.0. The summed E-state index contributed by atoms with van der Waals surface area (Å²) in [6.07, 6.45) is 0. The molecule has 0 unspecified atom stereocenters. The Morgan fingerprint density at radius 1 is 0.353 bits per heavy atom. The van der Waals surface area contributed by atoms with Gasteiger partial charge in [0, 0.05) is 132 Å². The van der Waals surface area contributed by atoms with Gasteiger partial charge in [-0.25, -0.2) is 0 Å². The molecule has 0 saturated heterocycles. The molecule has 0 radical (unpaired) electrons. The Bertz CT molecular complexity index is 2350. The smallest absolute Gasteiger partial charge is 0.269 e. The predicted octanol–water partition coefficient (Wildman–Crippen LogP) is 8.60. The molecule has 17 heteroatoms. The maximum absolute atomic E-state index is 11.7. The van der Waals surface area contributed by atoms with Crippen LogP contribution in [0.1, 0.15) is 16.7 Å². The van der Waals surface area contributed by atoms with E-state index in [4.69, 9.17) is 14.2 Å². The number of nitro groups is 3. The lowest BCUT2D eigenvalue weighted by atomic mass is 10.1. The van der Waals surface area contributed by atoms with E-state index in [1.807, 2.05) is 54.6 Å². The van der Waals surface area contributed by atoms with E-state index in [0.29, 0.717) is 98.4 Å². The zero-order valence-corrected chi connectivity index (χ0v) is 37.7. The van der Waals surface area contributed by atoms with Crippen molar-refractivity contribution >= 4 is 34.1 Å². The van der Waals surface area contributed by atoms with E-state index in [-0.39, 0.29) is 17.1 Å². The number of non-ortho nitro benzene ring substituents is 3. The minimum atomic E-state index is -0.400. The number of nitrogens with zero attached hydrogens (tertiary/aromatic N) is 8. The van der Waals surface area contributed by atoms with Crippen LogP contribution in [-0.4, -0.2) is 103 Å². The summed E-state index contributed by atoms with van der Waals surface area (Å²) in [7, 11) is 0. The minimum absolute atomic E-state index is 0.00552. The molecule has 0 saturated carbocycles. The minimum Gasteiger partial charge on any atom is -0.492 e. The van der Waals surface area contributed by atoms with Gasteiger partial charge in [-0.05, 0) is 89.5 Å². The zero-order chi connectivity index (χ0) is 47.2. The number of hydrogen-bond donors (Lipinski definition) is 0. The average Bonchev–Trinajstić information content (AvgIpc) is 3.34. The molecule has 3 aliphatic heterocycles. The zero-order valence-electron chi connectivity index (χ0n) is 37.7. The van der Waals surface area contributed by atoms with Crippen molar-refractivity contribution in [3.63, 3.8) is 0 Å². The van der Waals surface area contributed by atoms with Gasteiger partial charge in [0.2, 0.25) is 0 Å². The largest absolute Gasteiger partial charge is 0.492 e. The topological polar surface area (TPSA) is 173 Å². The molecule has 9 rings (SSSR count). The second-order valence-corrected chi connectivity index (χ2v) is 16.8. The summed E-state index contributed by atoms with van der Waals surface area (Å²) in [5, 5.41) is 35.1. The number of anilines is 3. The molecule has 0 fully saturated rings. The number of benzene rings is 6. The van der Waals surface area contributed by atoms with Gasteiger partial charge in [-0.3, -0.25) is 40.1 Å². The van der Waals surface area contributed by atoms with Crippen LogP contribution in [0.15, 0.2) is 146 Å². The summed E-state index contributed by atoms with van der Waals surface area (Å²) in [6.45, 7) is 7.98. The van der Waals surface area contributed by atoms with Gasteiger partial charge in [-0.2, -0.15) is 0 Å². The van der Waals surface area contributed by atoms with Gasteiger partial charge in [0.1, 0.15) is 37.1 Å². The molecule has 0 N–H and O–H groups in total. The summed E-state index contributed by atoms with van der Waals surface area (Å²) in [6, 6.07) is 43.9. The second kappa shape index (κ2) is 22.6. The fourth-order valence-corrected chi connectivity index (χ4v) is 8.45. The van der Waals surface area contributed by atoms with E-state index >= 15 is 0 Å². The summed E-state index contributed by atoms with van der Waals surface area (Å²) < 4.78 is 19.1. The molecule has 0 spiro atoms. The van der Waals surface area contributed by atoms with Crippen LogP contribution < -0.4 is 28.9 Å². The third-order valence-corrected chi connectivity index (χ3v) is 12.2. The van der Waals surface area contributed by atoms with Crippen LogP contribution in [0.2, 0.25) is 0 Å². The molecule has 0 atom stereocenters. The van der Waals surface area contributed by atoms with Crippen molar-refractivity contribution < 1.29 is 29.0 Å². The van der Waals surface area contributed by atoms with Crippen LogP contribution in [0.4, 0.5) is 34.1 Å². The van der Waals surface area contributed by atoms with Crippen LogP contribution >= 0.6 is 0 Å². The molecule has 17 nitrogen and oxygen atoms in total. The Morgan fingerprint density at radius 3 is 0.912 bits per heavy atom. The summed E-state index contributed by atoms with van der Waals surface area (Å²) in [5.41, 5.74) is 5.51. The van der Waals surface area contributed by atoms with E-state index in [9.17, 15) is 30.3 Å². The highest BCUT2D eigenvalue weighted by atomic mass is 16.6. The first-order valence-electron chi connectivity index (χ1n) is 22.7. The Hall–Kier alpha value is -7.76. The highest BCUT2D eigenvalue weighted by Crippen LogP contribution is 2.27. The molecule has 8 bridgehead atoms. The van der Waals surface area contributed by atoms with Crippen LogP contribution in [0.5, 0.6) is 17.2 Å². The number of nitro benzene ring substituents is 3. The molecule has 3 aliphatic rings. The van der Waals surface area contributed by atoms with Crippen molar-refractivity contribution in [3.05, 3.63) is 193 Å². The molecular weight excluding hydrogens is 869 g/mol. The van der Waals surface area contributed by atoms with Crippen LogP contribution in [0, 0.1) is 30.3 Å². The Balaban J connectivity index is 1.20. The molecule has 3 heterocycles.